The molecule has 262 valence electrons. The number of rotatable bonds is 13. The van der Waals surface area contributed by atoms with Gasteiger partial charge in [0, 0.05) is 5.41 Å². The zero-order chi connectivity index (χ0) is 35.3. The highest BCUT2D eigenvalue weighted by Gasteiger charge is 2.36. The highest BCUT2D eigenvalue weighted by molar-refractivity contribution is 5.89. The Bertz CT molecular complexity index is 1720. The molecular formula is C42H46O8. The molecule has 0 N–H and O–H groups in total. The van der Waals surface area contributed by atoms with Gasteiger partial charge in [0.25, 0.3) is 0 Å². The Morgan fingerprint density at radius 2 is 1.16 bits per heavy atom. The number of unbranched alkanes of at least 4 members (excludes halogenated alkanes) is 2. The van der Waals surface area contributed by atoms with Crippen molar-refractivity contribution < 1.29 is 38.1 Å². The molecule has 0 bridgehead atoms. The molecule has 0 atom stereocenters. The lowest BCUT2D eigenvalue weighted by Gasteiger charge is -2.39. The Kier molecular flexibility index (Phi) is 12.7. The van der Waals surface area contributed by atoms with Crippen LogP contribution in [-0.4, -0.2) is 24.9 Å². The van der Waals surface area contributed by atoms with Crippen molar-refractivity contribution in [3.8, 4) is 23.0 Å². The summed E-state index contributed by atoms with van der Waals surface area (Å²) < 4.78 is 27.1. The smallest absolute Gasteiger partial charge is 0.462 e. The van der Waals surface area contributed by atoms with E-state index >= 15 is 0 Å². The molecule has 50 heavy (non-hydrogen) atoms. The predicted octanol–water partition coefficient (Wildman–Crippen LogP) is 10.7. The van der Waals surface area contributed by atoms with Crippen molar-refractivity contribution >= 4 is 18.3 Å². The van der Waals surface area contributed by atoms with Gasteiger partial charge in [-0.05, 0) is 116 Å². The van der Waals surface area contributed by atoms with Gasteiger partial charge in [-0.1, -0.05) is 82.3 Å². The summed E-state index contributed by atoms with van der Waals surface area (Å²) in [6.07, 6.45) is 8.60. The van der Waals surface area contributed by atoms with E-state index in [9.17, 15) is 14.4 Å². The topological polar surface area (TPSA) is 97.4 Å². The number of carbonyl (C=O) groups excluding carboxylic acids is 3. The van der Waals surface area contributed by atoms with Crippen molar-refractivity contribution in [2.45, 2.75) is 90.4 Å². The van der Waals surface area contributed by atoms with Gasteiger partial charge in [-0.25, -0.2) is 14.4 Å². The number of carbonyl (C=O) groups is 3. The second kappa shape index (κ2) is 17.5. The minimum atomic E-state index is -0.878. The minimum Gasteiger partial charge on any atom is -0.462 e. The van der Waals surface area contributed by atoms with Gasteiger partial charge in [-0.2, -0.15) is 0 Å². The second-order valence-electron chi connectivity index (χ2n) is 12.8. The molecule has 8 heteroatoms. The van der Waals surface area contributed by atoms with Crippen LogP contribution < -0.4 is 18.9 Å². The lowest BCUT2D eigenvalue weighted by atomic mass is 9.65. The summed E-state index contributed by atoms with van der Waals surface area (Å²) in [5.74, 6) is 1.09. The van der Waals surface area contributed by atoms with Crippen molar-refractivity contribution in [1.29, 1.82) is 0 Å². The molecule has 1 aliphatic rings. The average molecular weight is 679 g/mol. The van der Waals surface area contributed by atoms with Crippen molar-refractivity contribution in [3.05, 3.63) is 119 Å². The third kappa shape index (κ3) is 9.53. The van der Waals surface area contributed by atoms with Crippen LogP contribution in [0.5, 0.6) is 23.0 Å². The normalized spacial score (nSPS) is 13.6. The Hall–Kier alpha value is -5.11. The van der Waals surface area contributed by atoms with Gasteiger partial charge < -0.3 is 23.7 Å². The van der Waals surface area contributed by atoms with Gasteiger partial charge in [0.15, 0.2) is 0 Å². The summed E-state index contributed by atoms with van der Waals surface area (Å²) in [6.45, 7) is 6.49. The maximum absolute atomic E-state index is 12.6. The van der Waals surface area contributed by atoms with Crippen molar-refractivity contribution in [2.75, 3.05) is 6.61 Å². The van der Waals surface area contributed by atoms with Crippen LogP contribution in [0.15, 0.2) is 91.0 Å². The summed E-state index contributed by atoms with van der Waals surface area (Å²) in [5.41, 5.74) is 4.46. The molecule has 0 saturated heterocycles. The zero-order valence-corrected chi connectivity index (χ0v) is 29.2. The molecule has 0 radical (unpaired) electrons. The van der Waals surface area contributed by atoms with Gasteiger partial charge >= 0.3 is 18.3 Å². The average Bonchev–Trinajstić information content (AvgIpc) is 3.13. The van der Waals surface area contributed by atoms with Gasteiger partial charge in [0.2, 0.25) is 0 Å². The number of hydrogen-bond donors (Lipinski definition) is 0. The van der Waals surface area contributed by atoms with E-state index in [-0.39, 0.29) is 11.2 Å². The van der Waals surface area contributed by atoms with E-state index < -0.39 is 18.3 Å². The van der Waals surface area contributed by atoms with E-state index in [0.29, 0.717) is 29.4 Å². The van der Waals surface area contributed by atoms with E-state index in [1.807, 2.05) is 50.2 Å². The molecule has 0 aliphatic heterocycles. The summed E-state index contributed by atoms with van der Waals surface area (Å²) in [5, 5.41) is 0. The Labute approximate surface area is 294 Å². The first-order chi connectivity index (χ1) is 24.3. The fourth-order valence-corrected chi connectivity index (χ4v) is 6.38. The standard InChI is InChI=1S/C42H46O8/c1-4-6-11-31-12-19-35(20-13-31)49-41(45)50-38-25-18-34(29-30(38)3)42(26-9-8-10-27-42)33-16-23-37(24-17-33)48-40(44)47-36-21-14-32(15-22-36)39(43)46-28-7-5-2/h12-25,29H,4-11,26-28H2,1-3H3. The summed E-state index contributed by atoms with van der Waals surface area (Å²) in [4.78, 5) is 37.3. The molecule has 4 aromatic carbocycles. The first-order valence-electron chi connectivity index (χ1n) is 17.7. The maximum atomic E-state index is 12.6. The highest BCUT2D eigenvalue weighted by Crippen LogP contribution is 2.46. The van der Waals surface area contributed by atoms with Crippen molar-refractivity contribution in [2.24, 2.45) is 0 Å². The fourth-order valence-electron chi connectivity index (χ4n) is 6.38. The van der Waals surface area contributed by atoms with Crippen LogP contribution in [0.2, 0.25) is 0 Å². The third-order valence-electron chi connectivity index (χ3n) is 9.20. The van der Waals surface area contributed by atoms with Crippen LogP contribution in [0.4, 0.5) is 9.59 Å². The first kappa shape index (κ1) is 36.2. The monoisotopic (exact) mass is 678 g/mol. The molecule has 0 spiro atoms. The van der Waals surface area contributed by atoms with Crippen LogP contribution in [-0.2, 0) is 16.6 Å². The van der Waals surface area contributed by atoms with E-state index in [1.54, 1.807) is 36.4 Å². The molecule has 1 fully saturated rings. The zero-order valence-electron chi connectivity index (χ0n) is 29.2. The molecule has 1 saturated carbocycles. The van der Waals surface area contributed by atoms with Crippen LogP contribution in [0.1, 0.15) is 104 Å². The Balaban J connectivity index is 1.21. The van der Waals surface area contributed by atoms with Crippen LogP contribution in [0, 0.1) is 6.92 Å². The molecule has 0 aromatic heterocycles. The van der Waals surface area contributed by atoms with Gasteiger partial charge in [0.1, 0.15) is 23.0 Å². The SMILES string of the molecule is CCCCOC(=O)c1ccc(OC(=O)Oc2ccc(C3(c4ccc(OC(=O)Oc5ccc(CCCC)cc5)c(C)c4)CCCCC3)cc2)cc1. The summed E-state index contributed by atoms with van der Waals surface area (Å²) in [6, 6.07) is 27.2. The number of benzene rings is 4. The van der Waals surface area contributed by atoms with Crippen LogP contribution in [0.25, 0.3) is 0 Å². The highest BCUT2D eigenvalue weighted by atomic mass is 16.7. The van der Waals surface area contributed by atoms with Crippen molar-refractivity contribution in [1.82, 2.24) is 0 Å². The number of hydrogen-bond acceptors (Lipinski definition) is 8. The lowest BCUT2D eigenvalue weighted by Crippen LogP contribution is -2.30. The van der Waals surface area contributed by atoms with Gasteiger partial charge in [-0.3, -0.25) is 0 Å². The predicted molar refractivity (Wildman–Crippen MR) is 191 cm³/mol. The molecule has 4 aromatic rings. The molecule has 8 nitrogen and oxygen atoms in total. The number of ether oxygens (including phenoxy) is 5. The second-order valence-corrected chi connectivity index (χ2v) is 12.8. The molecule has 0 heterocycles. The van der Waals surface area contributed by atoms with Gasteiger partial charge in [0.05, 0.1) is 12.2 Å². The largest absolute Gasteiger partial charge is 0.519 e. The summed E-state index contributed by atoms with van der Waals surface area (Å²) in [7, 11) is 0. The summed E-state index contributed by atoms with van der Waals surface area (Å²) >= 11 is 0. The van der Waals surface area contributed by atoms with Crippen LogP contribution in [0.3, 0.4) is 0 Å². The quantitative estimate of drug-likeness (QED) is 0.0783. The van der Waals surface area contributed by atoms with E-state index in [0.717, 1.165) is 74.5 Å². The van der Waals surface area contributed by atoms with E-state index in [1.165, 1.54) is 24.1 Å². The first-order valence-corrected chi connectivity index (χ1v) is 17.7. The number of esters is 1. The fraction of sp³-hybridized carbons (Fsp3) is 0.357. The third-order valence-corrected chi connectivity index (χ3v) is 9.20. The van der Waals surface area contributed by atoms with E-state index in [4.69, 9.17) is 23.7 Å². The van der Waals surface area contributed by atoms with E-state index in [2.05, 4.69) is 13.0 Å². The molecule has 0 amide bonds. The van der Waals surface area contributed by atoms with Crippen LogP contribution >= 0.6 is 0 Å². The minimum absolute atomic E-state index is 0.236. The molecular weight excluding hydrogens is 632 g/mol. The number of aryl methyl sites for hydroxylation is 2. The Morgan fingerprint density at radius 1 is 0.620 bits per heavy atom. The lowest BCUT2D eigenvalue weighted by molar-refractivity contribution is 0.0499. The molecule has 1 aliphatic carbocycles. The van der Waals surface area contributed by atoms with Crippen molar-refractivity contribution in [3.63, 3.8) is 0 Å². The van der Waals surface area contributed by atoms with Gasteiger partial charge in [-0.15, -0.1) is 0 Å². The molecule has 5 rings (SSSR count). The maximum Gasteiger partial charge on any atom is 0.519 e. The molecule has 0 unspecified atom stereocenters. The Morgan fingerprint density at radius 3 is 1.74 bits per heavy atom.